The number of ether oxygens (including phenoxy) is 2. The van der Waals surface area contributed by atoms with Crippen molar-refractivity contribution in [1.82, 2.24) is 0 Å². The van der Waals surface area contributed by atoms with Gasteiger partial charge in [0.15, 0.2) is 6.29 Å². The molecule has 1 aliphatic rings. The lowest BCUT2D eigenvalue weighted by Crippen LogP contribution is -2.13. The maximum Gasteiger partial charge on any atom is 0.180 e. The Morgan fingerprint density at radius 1 is 1.05 bits per heavy atom. The number of hydrogen-bond acceptors (Lipinski definition) is 2. The number of benzene rings is 1. The van der Waals surface area contributed by atoms with E-state index in [1.807, 2.05) is 6.07 Å². The number of hydrogen-bond donors (Lipinski definition) is 0. The van der Waals surface area contributed by atoms with Crippen LogP contribution >= 0.6 is 0 Å². The van der Waals surface area contributed by atoms with E-state index >= 15 is 0 Å². The smallest absolute Gasteiger partial charge is 0.180 e. The third-order valence-electron chi connectivity index (χ3n) is 3.86. The summed E-state index contributed by atoms with van der Waals surface area (Å²) in [6, 6.07) is 10.4. The largest absolute Gasteiger partial charge is 0.343 e. The predicted molar refractivity (Wildman–Crippen MR) is 83.4 cm³/mol. The van der Waals surface area contributed by atoms with Gasteiger partial charge in [-0.2, -0.15) is 0 Å². The van der Waals surface area contributed by atoms with Crippen molar-refractivity contribution in [3.63, 3.8) is 0 Å². The fourth-order valence-corrected chi connectivity index (χ4v) is 2.42. The van der Waals surface area contributed by atoms with E-state index in [1.165, 1.54) is 30.4 Å². The molecule has 1 fully saturated rings. The highest BCUT2D eigenvalue weighted by Gasteiger charge is 2.31. The van der Waals surface area contributed by atoms with Crippen LogP contribution < -0.4 is 0 Å². The van der Waals surface area contributed by atoms with Crippen LogP contribution in [-0.2, 0) is 9.47 Å². The van der Waals surface area contributed by atoms with Crippen LogP contribution in [0.5, 0.6) is 0 Å². The summed E-state index contributed by atoms with van der Waals surface area (Å²) in [5, 5.41) is 0. The minimum Gasteiger partial charge on any atom is -0.343 e. The molecule has 0 amide bonds. The van der Waals surface area contributed by atoms with E-state index in [0.717, 1.165) is 6.42 Å². The number of unbranched alkanes of at least 4 members (excludes halogenated alkanes) is 2. The summed E-state index contributed by atoms with van der Waals surface area (Å²) in [5.41, 5.74) is 2.49. The molecule has 1 heterocycles. The Morgan fingerprint density at radius 2 is 1.70 bits per heavy atom. The van der Waals surface area contributed by atoms with Crippen LogP contribution in [0.25, 0.3) is 6.08 Å². The first-order valence-corrected chi connectivity index (χ1v) is 7.77. The second-order valence-corrected chi connectivity index (χ2v) is 5.60. The highest BCUT2D eigenvalue weighted by Crippen LogP contribution is 2.28. The third-order valence-corrected chi connectivity index (χ3v) is 3.86. The molecule has 2 rings (SSSR count). The molecule has 0 N–H and O–H groups in total. The minimum absolute atomic E-state index is 0.169. The molecule has 1 aromatic carbocycles. The molecule has 1 aromatic rings. The molecule has 0 saturated carbocycles. The molecule has 0 bridgehead atoms. The maximum absolute atomic E-state index is 5.95. The van der Waals surface area contributed by atoms with Crippen molar-refractivity contribution in [2.75, 3.05) is 0 Å². The lowest BCUT2D eigenvalue weighted by molar-refractivity contribution is -0.0348. The van der Waals surface area contributed by atoms with Crippen LogP contribution in [0.4, 0.5) is 0 Å². The quantitative estimate of drug-likeness (QED) is 0.694. The Bertz CT molecular complexity index is 414. The standard InChI is InChI=1S/C18H26O2/c1-4-5-7-12-17(13-16-10-8-6-9-11-16)18-19-14(2)15(3)20-18/h6,8-11,13-15,18H,4-5,7,12H2,1-3H3/b17-13-/t14-,15+,18?. The van der Waals surface area contributed by atoms with Gasteiger partial charge in [-0.25, -0.2) is 0 Å². The first-order valence-electron chi connectivity index (χ1n) is 7.77. The summed E-state index contributed by atoms with van der Waals surface area (Å²) < 4.78 is 11.9. The van der Waals surface area contributed by atoms with Gasteiger partial charge in [0.2, 0.25) is 0 Å². The van der Waals surface area contributed by atoms with Crippen molar-refractivity contribution in [2.24, 2.45) is 0 Å². The van der Waals surface area contributed by atoms with E-state index in [9.17, 15) is 0 Å². The zero-order chi connectivity index (χ0) is 14.4. The van der Waals surface area contributed by atoms with E-state index in [-0.39, 0.29) is 18.5 Å². The zero-order valence-electron chi connectivity index (χ0n) is 12.8. The van der Waals surface area contributed by atoms with Gasteiger partial charge in [0, 0.05) is 0 Å². The van der Waals surface area contributed by atoms with E-state index in [1.54, 1.807) is 0 Å². The number of rotatable bonds is 6. The van der Waals surface area contributed by atoms with Gasteiger partial charge in [0.1, 0.15) is 0 Å². The predicted octanol–water partition coefficient (Wildman–Crippen LogP) is 4.80. The average molecular weight is 274 g/mol. The van der Waals surface area contributed by atoms with E-state index < -0.39 is 0 Å². The first-order chi connectivity index (χ1) is 9.70. The third kappa shape index (κ3) is 4.19. The van der Waals surface area contributed by atoms with Crippen LogP contribution in [0.2, 0.25) is 0 Å². The van der Waals surface area contributed by atoms with Gasteiger partial charge in [0.05, 0.1) is 12.2 Å². The van der Waals surface area contributed by atoms with Crippen molar-refractivity contribution in [1.29, 1.82) is 0 Å². The van der Waals surface area contributed by atoms with Gasteiger partial charge in [-0.15, -0.1) is 0 Å². The normalized spacial score (nSPS) is 26.9. The zero-order valence-corrected chi connectivity index (χ0v) is 12.8. The van der Waals surface area contributed by atoms with Crippen LogP contribution in [0.1, 0.15) is 52.0 Å². The van der Waals surface area contributed by atoms with Crippen molar-refractivity contribution >= 4 is 6.08 Å². The Labute approximate surface area is 122 Å². The molecule has 0 aromatic heterocycles. The summed E-state index contributed by atoms with van der Waals surface area (Å²) in [5.74, 6) is 0. The van der Waals surface area contributed by atoms with Gasteiger partial charge < -0.3 is 9.47 Å². The Balaban J connectivity index is 2.10. The molecule has 3 atom stereocenters. The highest BCUT2D eigenvalue weighted by atomic mass is 16.7. The lowest BCUT2D eigenvalue weighted by Gasteiger charge is -2.15. The molecule has 0 spiro atoms. The topological polar surface area (TPSA) is 18.5 Å². The molecule has 0 radical (unpaired) electrons. The lowest BCUT2D eigenvalue weighted by atomic mass is 10.0. The van der Waals surface area contributed by atoms with E-state index in [0.29, 0.717) is 0 Å². The van der Waals surface area contributed by atoms with Gasteiger partial charge in [0.25, 0.3) is 0 Å². The van der Waals surface area contributed by atoms with E-state index in [4.69, 9.17) is 9.47 Å². The first kappa shape index (κ1) is 15.3. The fourth-order valence-electron chi connectivity index (χ4n) is 2.42. The van der Waals surface area contributed by atoms with Gasteiger partial charge in [-0.3, -0.25) is 0 Å². The van der Waals surface area contributed by atoms with Crippen LogP contribution in [0, 0.1) is 0 Å². The molecule has 20 heavy (non-hydrogen) atoms. The highest BCUT2D eigenvalue weighted by molar-refractivity contribution is 5.53. The molecule has 1 saturated heterocycles. The van der Waals surface area contributed by atoms with Gasteiger partial charge >= 0.3 is 0 Å². The second-order valence-electron chi connectivity index (χ2n) is 5.60. The Morgan fingerprint density at radius 3 is 2.30 bits per heavy atom. The van der Waals surface area contributed by atoms with Crippen LogP contribution in [0.3, 0.4) is 0 Å². The monoisotopic (exact) mass is 274 g/mol. The summed E-state index contributed by atoms with van der Waals surface area (Å²) in [6.07, 6.45) is 7.13. The SMILES string of the molecule is CCCCC/C(=C/c1ccccc1)C1O[C@@H](C)[C@@H](C)O1. The molecule has 2 heteroatoms. The summed E-state index contributed by atoms with van der Waals surface area (Å²) in [6.45, 7) is 6.39. The molecule has 1 aliphatic heterocycles. The van der Waals surface area contributed by atoms with Crippen molar-refractivity contribution in [3.05, 3.63) is 41.5 Å². The Kier molecular flexibility index (Phi) is 5.81. The van der Waals surface area contributed by atoms with Crippen molar-refractivity contribution in [2.45, 2.75) is 65.0 Å². The summed E-state index contributed by atoms with van der Waals surface area (Å²) in [4.78, 5) is 0. The summed E-state index contributed by atoms with van der Waals surface area (Å²) in [7, 11) is 0. The maximum atomic E-state index is 5.95. The second kappa shape index (κ2) is 7.61. The van der Waals surface area contributed by atoms with Crippen LogP contribution in [0.15, 0.2) is 35.9 Å². The van der Waals surface area contributed by atoms with E-state index in [2.05, 4.69) is 51.1 Å². The molecular weight excluding hydrogens is 248 g/mol. The Hall–Kier alpha value is -1.12. The average Bonchev–Trinajstić information content (AvgIpc) is 2.79. The van der Waals surface area contributed by atoms with Gasteiger partial charge in [-0.05, 0) is 37.8 Å². The molecule has 0 aliphatic carbocycles. The molecule has 2 nitrogen and oxygen atoms in total. The van der Waals surface area contributed by atoms with Crippen molar-refractivity contribution < 1.29 is 9.47 Å². The molecule has 110 valence electrons. The minimum atomic E-state index is -0.169. The fraction of sp³-hybridized carbons (Fsp3) is 0.556. The van der Waals surface area contributed by atoms with Gasteiger partial charge in [-0.1, -0.05) is 56.2 Å². The molecular formula is C18H26O2. The summed E-state index contributed by atoms with van der Waals surface area (Å²) >= 11 is 0. The molecule has 1 unspecified atom stereocenters. The van der Waals surface area contributed by atoms with Crippen LogP contribution in [-0.4, -0.2) is 18.5 Å². The van der Waals surface area contributed by atoms with Crippen molar-refractivity contribution in [3.8, 4) is 0 Å².